The number of imide groups is 1. The zero-order valence-electron chi connectivity index (χ0n) is 37.5. The van der Waals surface area contributed by atoms with E-state index in [0.717, 1.165) is 107 Å². The van der Waals surface area contributed by atoms with Gasteiger partial charge in [0.25, 0.3) is 5.91 Å². The number of halogens is 3. The van der Waals surface area contributed by atoms with E-state index in [4.69, 9.17) is 19.4 Å². The van der Waals surface area contributed by atoms with E-state index < -0.39 is 40.9 Å². The van der Waals surface area contributed by atoms with Crippen molar-refractivity contribution in [3.05, 3.63) is 88.0 Å². The molecule has 3 amide bonds. The van der Waals surface area contributed by atoms with Gasteiger partial charge in [-0.2, -0.15) is 8.78 Å². The third-order valence-electron chi connectivity index (χ3n) is 14.1. The summed E-state index contributed by atoms with van der Waals surface area (Å²) in [5, 5.41) is 16.5. The first-order chi connectivity index (χ1) is 31.0. The molecular formula is C49H58F3N7O6. The fourth-order valence-corrected chi connectivity index (χ4v) is 10.3. The van der Waals surface area contributed by atoms with Crippen LogP contribution in [-0.4, -0.2) is 106 Å². The number of aryl methyl sites for hydroxylation is 1. The number of amides is 3. The number of carbonyl (C=O) groups is 3. The molecule has 0 aliphatic carbocycles. The molecule has 0 saturated carbocycles. The number of rotatable bonds is 12. The lowest BCUT2D eigenvalue weighted by molar-refractivity contribution is -0.170. The fraction of sp³-hybridized carbons (Fsp3) is 0.531. The number of hydrogen-bond donors (Lipinski definition) is 3. The second kappa shape index (κ2) is 17.8. The van der Waals surface area contributed by atoms with E-state index in [0.29, 0.717) is 60.2 Å². The second-order valence-corrected chi connectivity index (χ2v) is 19.1. The van der Waals surface area contributed by atoms with E-state index in [-0.39, 0.29) is 35.8 Å². The predicted octanol–water partition coefficient (Wildman–Crippen LogP) is 7.14. The molecule has 1 aromatic heterocycles. The van der Waals surface area contributed by atoms with Crippen LogP contribution in [-0.2, 0) is 26.8 Å². The number of hydrogen-bond acceptors (Lipinski definition) is 11. The molecule has 3 aromatic carbocycles. The average Bonchev–Trinajstić information content (AvgIpc) is 3.90. The van der Waals surface area contributed by atoms with Crippen LogP contribution in [0.1, 0.15) is 116 Å². The molecular weight excluding hydrogens is 840 g/mol. The zero-order chi connectivity index (χ0) is 45.8. The van der Waals surface area contributed by atoms with Gasteiger partial charge in [0.1, 0.15) is 41.0 Å². The van der Waals surface area contributed by atoms with Crippen molar-refractivity contribution >= 4 is 40.1 Å². The standard InChI is InChI=1S/C49H58F3N7O6/c1-28(35-6-5-7-39(44(35)50)49(51,52)48(3,4)63)53-45-38-24-42(65-34-16-21-64-27-34)37(23-40(38)54-29(2)55-45)31-14-17-57(18-15-31)25-30-12-19-58(20-13-30)33-8-9-36-32(22-33)26-59(47(36)62)41-10-11-43(60)56-46(41)61/h5-9,22-24,28,30-31,34,41,63H,10-21,25-27H2,1-4H3,(H,53,54,55)(H,56,60,61)/t28-,34+,41?/m1/s1. The number of ether oxygens (including phenoxy) is 2. The van der Waals surface area contributed by atoms with Crippen LogP contribution in [0.15, 0.2) is 48.5 Å². The summed E-state index contributed by atoms with van der Waals surface area (Å²) in [4.78, 5) is 53.5. The first kappa shape index (κ1) is 44.9. The molecule has 4 saturated heterocycles. The monoisotopic (exact) mass is 897 g/mol. The maximum Gasteiger partial charge on any atom is 0.303 e. The Kier molecular flexibility index (Phi) is 12.3. The number of carbonyl (C=O) groups excluding carboxylic acids is 3. The number of anilines is 2. The molecule has 4 fully saturated rings. The summed E-state index contributed by atoms with van der Waals surface area (Å²) >= 11 is 0. The molecule has 5 aliphatic heterocycles. The van der Waals surface area contributed by atoms with Crippen LogP contribution in [0.5, 0.6) is 5.75 Å². The van der Waals surface area contributed by atoms with Crippen molar-refractivity contribution in [3.8, 4) is 5.75 Å². The number of benzene rings is 3. The van der Waals surface area contributed by atoms with Crippen LogP contribution in [0.2, 0.25) is 0 Å². The van der Waals surface area contributed by atoms with Crippen molar-refractivity contribution in [2.24, 2.45) is 5.92 Å². The zero-order valence-corrected chi connectivity index (χ0v) is 37.5. The van der Waals surface area contributed by atoms with Gasteiger partial charge in [-0.15, -0.1) is 0 Å². The largest absolute Gasteiger partial charge is 0.488 e. The number of nitrogens with zero attached hydrogens (tertiary/aromatic N) is 5. The Morgan fingerprint density at radius 3 is 2.46 bits per heavy atom. The fourth-order valence-electron chi connectivity index (χ4n) is 10.3. The summed E-state index contributed by atoms with van der Waals surface area (Å²) in [6.07, 6.45) is 5.24. The second-order valence-electron chi connectivity index (χ2n) is 19.1. The summed E-state index contributed by atoms with van der Waals surface area (Å²) in [6, 6.07) is 12.5. The maximum atomic E-state index is 15.8. The molecule has 346 valence electrons. The van der Waals surface area contributed by atoms with Crippen molar-refractivity contribution < 1.29 is 42.1 Å². The topological polar surface area (TPSA) is 149 Å². The van der Waals surface area contributed by atoms with Crippen LogP contribution in [0.25, 0.3) is 10.9 Å². The number of fused-ring (bicyclic) bond motifs is 2. The highest BCUT2D eigenvalue weighted by Crippen LogP contribution is 2.43. The molecule has 4 aromatic rings. The molecule has 0 radical (unpaired) electrons. The molecule has 5 aliphatic rings. The summed E-state index contributed by atoms with van der Waals surface area (Å²) in [6.45, 7) is 11.6. The maximum absolute atomic E-state index is 15.8. The third kappa shape index (κ3) is 9.01. The Hall–Kier alpha value is -5.32. The number of likely N-dealkylation sites (tertiary alicyclic amines) is 1. The minimum atomic E-state index is -3.82. The number of piperidine rings is 3. The minimum Gasteiger partial charge on any atom is -0.488 e. The van der Waals surface area contributed by atoms with Gasteiger partial charge in [0.05, 0.1) is 30.3 Å². The summed E-state index contributed by atoms with van der Waals surface area (Å²) in [5.41, 5.74) is 1.10. The van der Waals surface area contributed by atoms with Gasteiger partial charge in [-0.05, 0) is 132 Å². The average molecular weight is 898 g/mol. The highest BCUT2D eigenvalue weighted by Gasteiger charge is 2.49. The van der Waals surface area contributed by atoms with Gasteiger partial charge in [0.15, 0.2) is 0 Å². The molecule has 3 atom stereocenters. The summed E-state index contributed by atoms with van der Waals surface area (Å²) in [7, 11) is 0. The Morgan fingerprint density at radius 2 is 1.75 bits per heavy atom. The van der Waals surface area contributed by atoms with Crippen molar-refractivity contribution in [2.75, 3.05) is 56.2 Å². The Morgan fingerprint density at radius 1 is 0.985 bits per heavy atom. The number of aliphatic hydroxyl groups is 1. The molecule has 6 heterocycles. The lowest BCUT2D eigenvalue weighted by Crippen LogP contribution is -2.52. The van der Waals surface area contributed by atoms with Gasteiger partial charge in [0.2, 0.25) is 11.8 Å². The van der Waals surface area contributed by atoms with Crippen LogP contribution in [0.3, 0.4) is 0 Å². The molecule has 0 spiro atoms. The van der Waals surface area contributed by atoms with Gasteiger partial charge < -0.3 is 34.6 Å². The van der Waals surface area contributed by atoms with Gasteiger partial charge in [0, 0.05) is 61.2 Å². The van der Waals surface area contributed by atoms with Crippen molar-refractivity contribution in [1.29, 1.82) is 0 Å². The van der Waals surface area contributed by atoms with E-state index in [1.54, 1.807) is 18.7 Å². The van der Waals surface area contributed by atoms with E-state index in [1.165, 1.54) is 12.1 Å². The Labute approximate surface area is 377 Å². The summed E-state index contributed by atoms with van der Waals surface area (Å²) in [5.74, 6) is -3.31. The number of aromatic nitrogens is 2. The van der Waals surface area contributed by atoms with E-state index in [2.05, 4.69) is 32.6 Å². The van der Waals surface area contributed by atoms with Crippen molar-refractivity contribution in [1.82, 2.24) is 25.1 Å². The molecule has 13 nitrogen and oxygen atoms in total. The first-order valence-corrected chi connectivity index (χ1v) is 23.0. The lowest BCUT2D eigenvalue weighted by atomic mass is 9.87. The number of nitrogens with one attached hydrogen (secondary N) is 2. The van der Waals surface area contributed by atoms with Gasteiger partial charge in [-0.25, -0.2) is 14.4 Å². The Balaban J connectivity index is 0.850. The first-order valence-electron chi connectivity index (χ1n) is 23.0. The highest BCUT2D eigenvalue weighted by molar-refractivity contribution is 6.05. The number of alkyl halides is 2. The van der Waals surface area contributed by atoms with Crippen molar-refractivity contribution in [3.63, 3.8) is 0 Å². The third-order valence-corrected chi connectivity index (χ3v) is 14.1. The van der Waals surface area contributed by atoms with E-state index in [1.807, 2.05) is 18.2 Å². The van der Waals surface area contributed by atoms with Gasteiger partial charge in [-0.3, -0.25) is 19.7 Å². The van der Waals surface area contributed by atoms with Gasteiger partial charge >= 0.3 is 5.92 Å². The Bertz CT molecular complexity index is 2480. The quantitative estimate of drug-likeness (QED) is 0.125. The molecule has 65 heavy (non-hydrogen) atoms. The lowest BCUT2D eigenvalue weighted by Gasteiger charge is -2.38. The van der Waals surface area contributed by atoms with Crippen molar-refractivity contribution in [2.45, 2.75) is 115 Å². The molecule has 1 unspecified atom stereocenters. The van der Waals surface area contributed by atoms with Crippen LogP contribution in [0.4, 0.5) is 24.7 Å². The molecule has 16 heteroatoms. The minimum absolute atomic E-state index is 0.0174. The molecule has 3 N–H and O–H groups in total. The SMILES string of the molecule is Cc1nc(N[C@H](C)c2cccc(C(F)(F)C(C)(C)O)c2F)c2cc(O[C@H]3CCOC3)c(C3CCN(CC4CCN(c5ccc6c(c5)CN(C5CCC(=O)NC5=O)C6=O)CC4)CC3)cc2n1. The van der Waals surface area contributed by atoms with Gasteiger partial charge in [-0.1, -0.05) is 12.1 Å². The summed E-state index contributed by atoms with van der Waals surface area (Å²) < 4.78 is 58.5. The van der Waals surface area contributed by atoms with E-state index >= 15 is 13.2 Å². The highest BCUT2D eigenvalue weighted by atomic mass is 19.3. The van der Waals surface area contributed by atoms with Crippen LogP contribution < -0.4 is 20.3 Å². The molecule has 0 bridgehead atoms. The predicted molar refractivity (Wildman–Crippen MR) is 239 cm³/mol. The van der Waals surface area contributed by atoms with Crippen LogP contribution in [0, 0.1) is 18.7 Å². The smallest absolute Gasteiger partial charge is 0.303 e. The molecule has 9 rings (SSSR count). The van der Waals surface area contributed by atoms with E-state index in [9.17, 15) is 19.5 Å². The van der Waals surface area contributed by atoms with Crippen LogP contribution >= 0.6 is 0 Å². The normalized spacial score (nSPS) is 22.1.